The molecule has 0 unspecified atom stereocenters. The number of halogens is 1. The summed E-state index contributed by atoms with van der Waals surface area (Å²) in [5.41, 5.74) is 2.84. The van der Waals surface area contributed by atoms with E-state index in [9.17, 15) is 0 Å². The topological polar surface area (TPSA) is 40.7 Å². The second kappa shape index (κ2) is 4.11. The first kappa shape index (κ1) is 10.2. The fraction of sp³-hybridized carbons (Fsp3) is 0. The van der Waals surface area contributed by atoms with Crippen LogP contribution in [0.3, 0.4) is 0 Å². The summed E-state index contributed by atoms with van der Waals surface area (Å²) in [5, 5.41) is 5.10. The van der Waals surface area contributed by atoms with Crippen LogP contribution in [0.15, 0.2) is 48.8 Å². The highest BCUT2D eigenvalue weighted by atomic mass is 35.5. The minimum atomic E-state index is 0.731. The number of nitrogens with one attached hydrogen (secondary N) is 2. The van der Waals surface area contributed by atoms with E-state index in [1.165, 1.54) is 0 Å². The lowest BCUT2D eigenvalue weighted by atomic mass is 10.3. The zero-order valence-corrected chi connectivity index (χ0v) is 9.70. The zero-order chi connectivity index (χ0) is 11.7. The van der Waals surface area contributed by atoms with E-state index in [1.54, 1.807) is 6.20 Å². The molecule has 0 saturated carbocycles. The van der Waals surface area contributed by atoms with Gasteiger partial charge in [0.2, 0.25) is 0 Å². The third-order valence-corrected chi connectivity index (χ3v) is 2.78. The molecule has 0 aliphatic rings. The highest BCUT2D eigenvalue weighted by molar-refractivity contribution is 6.30. The van der Waals surface area contributed by atoms with Crippen LogP contribution in [-0.2, 0) is 0 Å². The molecule has 0 fully saturated rings. The Bertz CT molecular complexity index is 643. The van der Waals surface area contributed by atoms with Gasteiger partial charge in [0.05, 0.1) is 11.9 Å². The predicted octanol–water partition coefficient (Wildman–Crippen LogP) is 3.96. The monoisotopic (exact) mass is 243 g/mol. The number of hydrogen-bond acceptors (Lipinski definition) is 2. The molecule has 0 atom stereocenters. The van der Waals surface area contributed by atoms with Crippen molar-refractivity contribution in [2.75, 3.05) is 5.32 Å². The van der Waals surface area contributed by atoms with E-state index >= 15 is 0 Å². The van der Waals surface area contributed by atoms with Crippen LogP contribution in [0.2, 0.25) is 5.02 Å². The number of nitrogens with zero attached hydrogens (tertiary/aromatic N) is 1. The molecule has 84 valence electrons. The van der Waals surface area contributed by atoms with Gasteiger partial charge in [-0.05, 0) is 36.4 Å². The van der Waals surface area contributed by atoms with Crippen LogP contribution in [0.5, 0.6) is 0 Å². The van der Waals surface area contributed by atoms with Gasteiger partial charge in [0, 0.05) is 22.3 Å². The van der Waals surface area contributed by atoms with E-state index in [4.69, 9.17) is 11.6 Å². The second-order valence-electron chi connectivity index (χ2n) is 3.77. The Morgan fingerprint density at radius 1 is 1.06 bits per heavy atom. The number of anilines is 2. The molecule has 3 rings (SSSR count). The van der Waals surface area contributed by atoms with Gasteiger partial charge in [-0.3, -0.25) is 0 Å². The van der Waals surface area contributed by atoms with Crippen molar-refractivity contribution >= 4 is 34.0 Å². The Kier molecular flexibility index (Phi) is 2.46. The number of rotatable bonds is 2. The summed E-state index contributed by atoms with van der Waals surface area (Å²) in [6.07, 6.45) is 3.68. The van der Waals surface area contributed by atoms with Crippen LogP contribution in [-0.4, -0.2) is 9.97 Å². The summed E-state index contributed by atoms with van der Waals surface area (Å²) < 4.78 is 0. The SMILES string of the molecule is Clc1ccc(Nc2cnc3[nH]ccc3c2)cc1. The van der Waals surface area contributed by atoms with Crippen LogP contribution in [0, 0.1) is 0 Å². The van der Waals surface area contributed by atoms with Crippen molar-refractivity contribution in [1.29, 1.82) is 0 Å². The molecule has 0 spiro atoms. The summed E-state index contributed by atoms with van der Waals surface area (Å²) in [6, 6.07) is 11.6. The van der Waals surface area contributed by atoms with Crippen LogP contribution in [0.25, 0.3) is 11.0 Å². The highest BCUT2D eigenvalue weighted by Crippen LogP contribution is 2.21. The molecular weight excluding hydrogens is 234 g/mol. The molecule has 0 aliphatic heterocycles. The fourth-order valence-electron chi connectivity index (χ4n) is 1.71. The van der Waals surface area contributed by atoms with Crippen molar-refractivity contribution in [1.82, 2.24) is 9.97 Å². The molecule has 0 radical (unpaired) electrons. The van der Waals surface area contributed by atoms with Crippen molar-refractivity contribution in [3.8, 4) is 0 Å². The Morgan fingerprint density at radius 2 is 1.88 bits per heavy atom. The quantitative estimate of drug-likeness (QED) is 0.715. The summed E-state index contributed by atoms with van der Waals surface area (Å²) in [4.78, 5) is 7.37. The van der Waals surface area contributed by atoms with Gasteiger partial charge in [-0.1, -0.05) is 11.6 Å². The van der Waals surface area contributed by atoms with Gasteiger partial charge in [0.15, 0.2) is 0 Å². The maximum absolute atomic E-state index is 5.83. The summed E-state index contributed by atoms with van der Waals surface area (Å²) >= 11 is 5.83. The lowest BCUT2D eigenvalue weighted by Gasteiger charge is -2.05. The average molecular weight is 244 g/mol. The van der Waals surface area contributed by atoms with Crippen molar-refractivity contribution in [2.45, 2.75) is 0 Å². The molecular formula is C13H10ClN3. The molecule has 2 N–H and O–H groups in total. The standard InChI is InChI=1S/C13H10ClN3/c14-10-1-3-11(4-2-10)17-12-7-9-5-6-15-13(9)16-8-12/h1-8,17H,(H,15,16). The molecule has 1 aromatic carbocycles. The fourth-order valence-corrected chi connectivity index (χ4v) is 1.83. The van der Waals surface area contributed by atoms with Gasteiger partial charge in [0.1, 0.15) is 5.65 Å². The first-order valence-corrected chi connectivity index (χ1v) is 5.65. The third-order valence-electron chi connectivity index (χ3n) is 2.53. The Balaban J connectivity index is 1.91. The van der Waals surface area contributed by atoms with E-state index in [0.29, 0.717) is 0 Å². The van der Waals surface area contributed by atoms with Gasteiger partial charge in [0.25, 0.3) is 0 Å². The molecule has 0 amide bonds. The molecule has 2 aromatic heterocycles. The van der Waals surface area contributed by atoms with E-state index in [-0.39, 0.29) is 0 Å². The van der Waals surface area contributed by atoms with E-state index in [2.05, 4.69) is 15.3 Å². The Labute approximate surface area is 103 Å². The highest BCUT2D eigenvalue weighted by Gasteiger charge is 1.99. The van der Waals surface area contributed by atoms with Crippen LogP contribution >= 0.6 is 11.6 Å². The number of aromatic amines is 1. The number of hydrogen-bond donors (Lipinski definition) is 2. The maximum Gasteiger partial charge on any atom is 0.137 e. The molecule has 3 aromatic rings. The number of benzene rings is 1. The molecule has 0 aliphatic carbocycles. The number of pyridine rings is 1. The first-order chi connectivity index (χ1) is 8.31. The molecule has 0 bridgehead atoms. The van der Waals surface area contributed by atoms with Gasteiger partial charge < -0.3 is 10.3 Å². The molecule has 0 saturated heterocycles. The number of fused-ring (bicyclic) bond motifs is 1. The first-order valence-electron chi connectivity index (χ1n) is 5.27. The van der Waals surface area contributed by atoms with Gasteiger partial charge in [-0.2, -0.15) is 0 Å². The maximum atomic E-state index is 5.83. The van der Waals surface area contributed by atoms with Crippen molar-refractivity contribution < 1.29 is 0 Å². The van der Waals surface area contributed by atoms with Crippen LogP contribution in [0.4, 0.5) is 11.4 Å². The predicted molar refractivity (Wildman–Crippen MR) is 70.8 cm³/mol. The van der Waals surface area contributed by atoms with Crippen molar-refractivity contribution in [3.63, 3.8) is 0 Å². The van der Waals surface area contributed by atoms with Crippen molar-refractivity contribution in [2.24, 2.45) is 0 Å². The van der Waals surface area contributed by atoms with Gasteiger partial charge >= 0.3 is 0 Å². The Hall–Kier alpha value is -2.00. The van der Waals surface area contributed by atoms with Gasteiger partial charge in [-0.25, -0.2) is 4.98 Å². The summed E-state index contributed by atoms with van der Waals surface area (Å²) in [5.74, 6) is 0. The largest absolute Gasteiger partial charge is 0.354 e. The van der Waals surface area contributed by atoms with E-state index in [1.807, 2.05) is 42.6 Å². The summed E-state index contributed by atoms with van der Waals surface area (Å²) in [6.45, 7) is 0. The number of H-pyrrole nitrogens is 1. The van der Waals surface area contributed by atoms with Crippen LogP contribution in [0.1, 0.15) is 0 Å². The molecule has 3 nitrogen and oxygen atoms in total. The van der Waals surface area contributed by atoms with Gasteiger partial charge in [-0.15, -0.1) is 0 Å². The molecule has 4 heteroatoms. The summed E-state index contributed by atoms with van der Waals surface area (Å²) in [7, 11) is 0. The average Bonchev–Trinajstić information content (AvgIpc) is 2.79. The van der Waals surface area contributed by atoms with E-state index < -0.39 is 0 Å². The normalized spacial score (nSPS) is 10.6. The minimum absolute atomic E-state index is 0.731. The van der Waals surface area contributed by atoms with E-state index in [0.717, 1.165) is 27.4 Å². The van der Waals surface area contributed by atoms with Crippen molar-refractivity contribution in [3.05, 3.63) is 53.8 Å². The minimum Gasteiger partial charge on any atom is -0.354 e. The number of aromatic nitrogens is 2. The third kappa shape index (κ3) is 2.10. The lowest BCUT2D eigenvalue weighted by molar-refractivity contribution is 1.32. The zero-order valence-electron chi connectivity index (χ0n) is 8.94. The lowest BCUT2D eigenvalue weighted by Crippen LogP contribution is -1.90. The Morgan fingerprint density at radius 3 is 2.71 bits per heavy atom. The molecule has 2 heterocycles. The second-order valence-corrected chi connectivity index (χ2v) is 4.21. The smallest absolute Gasteiger partial charge is 0.137 e. The molecule has 17 heavy (non-hydrogen) atoms. The van der Waals surface area contributed by atoms with Crippen LogP contribution < -0.4 is 5.32 Å².